The number of amides is 3. The van der Waals surface area contributed by atoms with Crippen molar-refractivity contribution in [2.24, 2.45) is 0 Å². The summed E-state index contributed by atoms with van der Waals surface area (Å²) in [5, 5.41) is 24.7. The first-order valence-corrected chi connectivity index (χ1v) is 12.1. The van der Waals surface area contributed by atoms with E-state index in [-0.39, 0.29) is 24.8 Å². The zero-order chi connectivity index (χ0) is 27.8. The molecular weight excluding hydrogens is 472 g/mol. The van der Waals surface area contributed by atoms with Crippen LogP contribution in [0.3, 0.4) is 0 Å². The van der Waals surface area contributed by atoms with Crippen molar-refractivity contribution < 1.29 is 24.2 Å². The molecule has 0 aliphatic carbocycles. The summed E-state index contributed by atoms with van der Waals surface area (Å²) in [6.07, 6.45) is -0.757. The van der Waals surface area contributed by atoms with Gasteiger partial charge in [0.15, 0.2) is 0 Å². The van der Waals surface area contributed by atoms with Crippen molar-refractivity contribution in [3.63, 3.8) is 0 Å². The summed E-state index contributed by atoms with van der Waals surface area (Å²) in [4.78, 5) is 41.3. The van der Waals surface area contributed by atoms with Gasteiger partial charge in [0.2, 0.25) is 11.8 Å². The third-order valence-electron chi connectivity index (χ3n) is 5.36. The number of carbonyl (C=O) groups excluding carboxylic acids is 3. The number of aromatic hydroxyl groups is 1. The molecule has 0 aliphatic heterocycles. The van der Waals surface area contributed by atoms with Gasteiger partial charge in [-0.25, -0.2) is 4.79 Å². The highest BCUT2D eigenvalue weighted by molar-refractivity contribution is 5.92. The van der Waals surface area contributed by atoms with E-state index in [0.29, 0.717) is 11.1 Å². The molecule has 2 rings (SSSR count). The van der Waals surface area contributed by atoms with Crippen LogP contribution >= 0.6 is 0 Å². The second-order valence-electron chi connectivity index (χ2n) is 10.1. The molecule has 0 radical (unpaired) electrons. The number of nitrogens with zero attached hydrogens (tertiary/aromatic N) is 2. The number of carbonyl (C=O) groups is 3. The van der Waals surface area contributed by atoms with Crippen molar-refractivity contribution in [3.05, 3.63) is 65.2 Å². The molecule has 0 aromatic heterocycles. The fourth-order valence-corrected chi connectivity index (χ4v) is 3.80. The Morgan fingerprint density at radius 1 is 1.05 bits per heavy atom. The molecule has 9 nitrogen and oxygen atoms in total. The maximum Gasteiger partial charge on any atom is 0.408 e. The number of rotatable bonds is 9. The third kappa shape index (κ3) is 8.83. The van der Waals surface area contributed by atoms with Crippen LogP contribution in [0.1, 0.15) is 57.4 Å². The number of ether oxygens (including phenoxy) is 1. The zero-order valence-electron chi connectivity index (χ0n) is 22.2. The monoisotopic (exact) mass is 508 g/mol. The van der Waals surface area contributed by atoms with Crippen molar-refractivity contribution in [2.45, 2.75) is 71.7 Å². The Bertz CT molecular complexity index is 1130. The highest BCUT2D eigenvalue weighted by atomic mass is 16.6. The van der Waals surface area contributed by atoms with E-state index in [1.54, 1.807) is 58.9 Å². The zero-order valence-corrected chi connectivity index (χ0v) is 22.2. The van der Waals surface area contributed by atoms with Gasteiger partial charge >= 0.3 is 6.09 Å². The predicted molar refractivity (Wildman–Crippen MR) is 139 cm³/mol. The summed E-state index contributed by atoms with van der Waals surface area (Å²) in [6.45, 7) is 10.2. The van der Waals surface area contributed by atoms with Crippen molar-refractivity contribution >= 4 is 17.9 Å². The molecule has 2 unspecified atom stereocenters. The van der Waals surface area contributed by atoms with Gasteiger partial charge in [0.25, 0.3) is 0 Å². The number of aryl methyl sites for hydroxylation is 1. The van der Waals surface area contributed by atoms with E-state index in [2.05, 4.69) is 10.6 Å². The molecule has 0 saturated carbocycles. The van der Waals surface area contributed by atoms with Gasteiger partial charge in [-0.05, 0) is 70.4 Å². The van der Waals surface area contributed by atoms with E-state index in [1.165, 1.54) is 17.0 Å². The molecule has 3 N–H and O–H groups in total. The van der Waals surface area contributed by atoms with Crippen LogP contribution in [0.4, 0.5) is 4.79 Å². The number of nitriles is 1. The predicted octanol–water partition coefficient (Wildman–Crippen LogP) is 3.75. The smallest absolute Gasteiger partial charge is 0.408 e. The van der Waals surface area contributed by atoms with Gasteiger partial charge in [0.05, 0.1) is 6.07 Å². The fourth-order valence-electron chi connectivity index (χ4n) is 3.80. The molecular formula is C28H36N4O5. The number of hydrogen-bond donors (Lipinski definition) is 3. The molecule has 198 valence electrons. The van der Waals surface area contributed by atoms with Gasteiger partial charge in [-0.1, -0.05) is 36.4 Å². The minimum atomic E-state index is -1.15. The molecule has 2 aromatic carbocycles. The van der Waals surface area contributed by atoms with E-state index in [9.17, 15) is 24.8 Å². The van der Waals surface area contributed by atoms with Crippen LogP contribution in [0.15, 0.2) is 48.5 Å². The lowest BCUT2D eigenvalue weighted by molar-refractivity contribution is -0.142. The lowest BCUT2D eigenvalue weighted by atomic mass is 9.97. The molecule has 0 bridgehead atoms. The fraction of sp³-hybridized carbons (Fsp3) is 0.429. The van der Waals surface area contributed by atoms with Crippen LogP contribution in [0.5, 0.6) is 5.75 Å². The van der Waals surface area contributed by atoms with Crippen LogP contribution in [0, 0.1) is 18.3 Å². The van der Waals surface area contributed by atoms with Crippen molar-refractivity contribution in [2.75, 3.05) is 6.54 Å². The molecule has 0 aliphatic rings. The Morgan fingerprint density at radius 3 is 2.22 bits per heavy atom. The van der Waals surface area contributed by atoms with Crippen LogP contribution < -0.4 is 10.6 Å². The summed E-state index contributed by atoms with van der Waals surface area (Å²) in [5.41, 5.74) is 1.20. The first-order chi connectivity index (χ1) is 17.3. The topological polar surface area (TPSA) is 132 Å². The average molecular weight is 509 g/mol. The molecule has 37 heavy (non-hydrogen) atoms. The van der Waals surface area contributed by atoms with Crippen molar-refractivity contribution in [1.29, 1.82) is 5.26 Å². The minimum Gasteiger partial charge on any atom is -0.508 e. The van der Waals surface area contributed by atoms with Crippen LogP contribution in [0.2, 0.25) is 0 Å². The van der Waals surface area contributed by atoms with Gasteiger partial charge in [0.1, 0.15) is 30.0 Å². The first kappa shape index (κ1) is 29.2. The van der Waals surface area contributed by atoms with Gasteiger partial charge in [-0.15, -0.1) is 0 Å². The van der Waals surface area contributed by atoms with E-state index >= 15 is 0 Å². The standard InChI is InChI=1S/C28H36N4O5/c1-18(2)30-25(34)24(22-10-8-7-9-19(22)3)32(16-15-29)26(35)23(31-27(36)37-28(4,5)6)17-20-11-13-21(33)14-12-20/h7-14,18,23-24,33H,16-17H2,1-6H3,(H,30,34)(H,31,36). The second kappa shape index (κ2) is 12.8. The number of hydrogen-bond acceptors (Lipinski definition) is 6. The highest BCUT2D eigenvalue weighted by Gasteiger charge is 2.37. The number of phenolic OH excluding ortho intramolecular Hbond substituents is 1. The largest absolute Gasteiger partial charge is 0.508 e. The van der Waals surface area contributed by atoms with Crippen LogP contribution in [0.25, 0.3) is 0 Å². The average Bonchev–Trinajstić information content (AvgIpc) is 2.78. The molecule has 2 aromatic rings. The van der Waals surface area contributed by atoms with E-state index in [1.807, 2.05) is 25.1 Å². The lowest BCUT2D eigenvalue weighted by Gasteiger charge is -2.34. The Morgan fingerprint density at radius 2 is 1.68 bits per heavy atom. The maximum atomic E-state index is 14.0. The summed E-state index contributed by atoms with van der Waals surface area (Å²) >= 11 is 0. The van der Waals surface area contributed by atoms with Crippen molar-refractivity contribution in [1.82, 2.24) is 15.5 Å². The number of nitrogens with one attached hydrogen (secondary N) is 2. The van der Waals surface area contributed by atoms with Gasteiger partial charge in [0, 0.05) is 12.5 Å². The molecule has 0 fully saturated rings. The minimum absolute atomic E-state index is 0.0482. The second-order valence-corrected chi connectivity index (χ2v) is 10.1. The molecule has 9 heteroatoms. The summed E-state index contributed by atoms with van der Waals surface area (Å²) in [5.74, 6) is -0.996. The van der Waals surface area contributed by atoms with Gasteiger partial charge in [-0.3, -0.25) is 9.59 Å². The Hall–Kier alpha value is -4.06. The summed E-state index contributed by atoms with van der Waals surface area (Å²) in [6, 6.07) is 12.9. The Balaban J connectivity index is 2.54. The summed E-state index contributed by atoms with van der Waals surface area (Å²) < 4.78 is 5.37. The van der Waals surface area contributed by atoms with Crippen molar-refractivity contribution in [3.8, 4) is 11.8 Å². The van der Waals surface area contributed by atoms with Gasteiger partial charge in [-0.2, -0.15) is 5.26 Å². The van der Waals surface area contributed by atoms with E-state index < -0.39 is 35.6 Å². The normalized spacial score (nSPS) is 12.7. The highest BCUT2D eigenvalue weighted by Crippen LogP contribution is 2.26. The number of alkyl carbamates (subject to hydrolysis) is 1. The van der Waals surface area contributed by atoms with Crippen LogP contribution in [-0.2, 0) is 20.7 Å². The maximum absolute atomic E-state index is 14.0. The molecule has 3 amide bonds. The van der Waals surface area contributed by atoms with Gasteiger partial charge < -0.3 is 25.4 Å². The summed E-state index contributed by atoms with van der Waals surface area (Å²) in [7, 11) is 0. The molecule has 0 saturated heterocycles. The number of phenols is 1. The lowest BCUT2D eigenvalue weighted by Crippen LogP contribution is -2.54. The molecule has 2 atom stereocenters. The third-order valence-corrected chi connectivity index (χ3v) is 5.36. The Labute approximate surface area is 218 Å². The van der Waals surface area contributed by atoms with Crippen LogP contribution in [-0.4, -0.2) is 52.1 Å². The van der Waals surface area contributed by atoms with E-state index in [4.69, 9.17) is 4.74 Å². The molecule has 0 heterocycles. The quantitative estimate of drug-likeness (QED) is 0.442. The number of benzene rings is 2. The SMILES string of the molecule is Cc1ccccc1C(C(=O)NC(C)C)N(CC#N)C(=O)C(Cc1ccc(O)cc1)NC(=O)OC(C)(C)C. The Kier molecular flexibility index (Phi) is 10.1. The van der Waals surface area contributed by atoms with E-state index in [0.717, 1.165) is 5.56 Å². The first-order valence-electron chi connectivity index (χ1n) is 12.1. The molecule has 0 spiro atoms.